The molecule has 0 aromatic rings. The zero-order valence-corrected chi connectivity index (χ0v) is 7.28. The Kier molecular flexibility index (Phi) is 2.87. The molecule has 1 heterocycles. The molecule has 1 N–H and O–H groups in total. The maximum atomic E-state index is 9.51. The van der Waals surface area contributed by atoms with E-state index in [9.17, 15) is 5.11 Å². The predicted molar refractivity (Wildman–Crippen MR) is 41.1 cm³/mol. The molecule has 0 spiro atoms. The van der Waals surface area contributed by atoms with Gasteiger partial charge in [0.15, 0.2) is 6.29 Å². The molecule has 3 unspecified atom stereocenters. The largest absolute Gasteiger partial charge is 0.388 e. The van der Waals surface area contributed by atoms with Crippen LogP contribution in [0, 0.1) is 5.92 Å². The van der Waals surface area contributed by atoms with Crippen molar-refractivity contribution in [3.8, 4) is 0 Å². The summed E-state index contributed by atoms with van der Waals surface area (Å²) in [7, 11) is 1.55. The van der Waals surface area contributed by atoms with Crippen LogP contribution in [0.25, 0.3) is 0 Å². The molecule has 1 aliphatic rings. The molecular weight excluding hydrogens is 144 g/mol. The average molecular weight is 160 g/mol. The van der Waals surface area contributed by atoms with Crippen LogP contribution in [0.15, 0.2) is 0 Å². The lowest BCUT2D eigenvalue weighted by Crippen LogP contribution is -2.44. The van der Waals surface area contributed by atoms with Gasteiger partial charge >= 0.3 is 0 Å². The summed E-state index contributed by atoms with van der Waals surface area (Å²) in [4.78, 5) is 0. The van der Waals surface area contributed by atoms with E-state index in [1.54, 1.807) is 7.11 Å². The van der Waals surface area contributed by atoms with E-state index in [0.717, 1.165) is 6.42 Å². The second-order valence-electron chi connectivity index (χ2n) is 3.25. The second-order valence-corrected chi connectivity index (χ2v) is 3.25. The van der Waals surface area contributed by atoms with Crippen molar-refractivity contribution in [2.24, 2.45) is 5.92 Å². The molecule has 1 rings (SSSR count). The van der Waals surface area contributed by atoms with E-state index in [1.165, 1.54) is 0 Å². The Morgan fingerprint density at radius 1 is 1.45 bits per heavy atom. The van der Waals surface area contributed by atoms with Gasteiger partial charge in [-0.25, -0.2) is 0 Å². The number of aliphatic hydroxyl groups is 1. The van der Waals surface area contributed by atoms with Crippen LogP contribution in [0.2, 0.25) is 0 Å². The Morgan fingerprint density at radius 3 is 2.64 bits per heavy atom. The molecule has 3 nitrogen and oxygen atoms in total. The molecule has 4 atom stereocenters. The Balaban J connectivity index is 2.51. The smallest absolute Gasteiger partial charge is 0.183 e. The maximum absolute atomic E-state index is 9.51. The number of hydrogen-bond acceptors (Lipinski definition) is 3. The summed E-state index contributed by atoms with van der Waals surface area (Å²) in [5, 5.41) is 9.51. The van der Waals surface area contributed by atoms with Crippen LogP contribution in [-0.4, -0.2) is 30.7 Å². The van der Waals surface area contributed by atoms with Gasteiger partial charge in [-0.2, -0.15) is 0 Å². The number of aliphatic hydroxyl groups excluding tert-OH is 1. The minimum absolute atomic E-state index is 0.193. The quantitative estimate of drug-likeness (QED) is 0.615. The van der Waals surface area contributed by atoms with E-state index < -0.39 is 12.4 Å². The van der Waals surface area contributed by atoms with Gasteiger partial charge in [0.05, 0.1) is 6.10 Å². The number of rotatable bonds is 1. The van der Waals surface area contributed by atoms with Gasteiger partial charge in [-0.15, -0.1) is 0 Å². The first-order chi connectivity index (χ1) is 5.15. The fraction of sp³-hybridized carbons (Fsp3) is 1.00. The van der Waals surface area contributed by atoms with Crippen molar-refractivity contribution in [2.75, 3.05) is 7.11 Å². The van der Waals surface area contributed by atoms with Gasteiger partial charge < -0.3 is 14.6 Å². The van der Waals surface area contributed by atoms with Gasteiger partial charge in [0, 0.05) is 7.11 Å². The lowest BCUT2D eigenvalue weighted by molar-refractivity contribution is -0.240. The monoisotopic (exact) mass is 160 g/mol. The fourth-order valence-corrected chi connectivity index (χ4v) is 1.49. The van der Waals surface area contributed by atoms with Gasteiger partial charge in [0.25, 0.3) is 0 Å². The van der Waals surface area contributed by atoms with Gasteiger partial charge in [-0.3, -0.25) is 0 Å². The van der Waals surface area contributed by atoms with E-state index >= 15 is 0 Å². The molecule has 1 saturated heterocycles. The predicted octanol–water partition coefficient (Wildman–Crippen LogP) is 0.765. The van der Waals surface area contributed by atoms with Crippen LogP contribution >= 0.6 is 0 Å². The van der Waals surface area contributed by atoms with Crippen molar-refractivity contribution in [3.63, 3.8) is 0 Å². The Hall–Kier alpha value is -0.120. The molecule has 0 saturated carbocycles. The summed E-state index contributed by atoms with van der Waals surface area (Å²) in [5.41, 5.74) is 0. The minimum Gasteiger partial charge on any atom is -0.388 e. The third-order valence-electron chi connectivity index (χ3n) is 2.16. The summed E-state index contributed by atoms with van der Waals surface area (Å²) in [6.45, 7) is 4.00. The van der Waals surface area contributed by atoms with Crippen molar-refractivity contribution in [1.82, 2.24) is 0 Å². The van der Waals surface area contributed by atoms with Crippen LogP contribution in [0.4, 0.5) is 0 Å². The van der Waals surface area contributed by atoms with E-state index in [4.69, 9.17) is 9.47 Å². The highest BCUT2D eigenvalue weighted by Gasteiger charge is 2.33. The summed E-state index contributed by atoms with van der Waals surface area (Å²) < 4.78 is 10.3. The molecule has 66 valence electrons. The second kappa shape index (κ2) is 3.52. The van der Waals surface area contributed by atoms with Crippen molar-refractivity contribution in [3.05, 3.63) is 0 Å². The Labute approximate surface area is 67.3 Å². The minimum atomic E-state index is -0.476. The summed E-state index contributed by atoms with van der Waals surface area (Å²) >= 11 is 0. The maximum Gasteiger partial charge on any atom is 0.183 e. The third kappa shape index (κ3) is 1.92. The van der Waals surface area contributed by atoms with E-state index in [-0.39, 0.29) is 12.0 Å². The first-order valence-electron chi connectivity index (χ1n) is 4.01. The standard InChI is InChI=1S/C8H16O3/c1-5-4-6(2)11-8(10-3)7(5)9/h5-9H,4H2,1-3H3/t5?,6?,7-,8?/m1/s1. The molecule has 11 heavy (non-hydrogen) atoms. The molecule has 0 aromatic carbocycles. The molecule has 1 fully saturated rings. The number of ether oxygens (including phenoxy) is 2. The average Bonchev–Trinajstić information content (AvgIpc) is 1.96. The van der Waals surface area contributed by atoms with Crippen LogP contribution in [0.5, 0.6) is 0 Å². The fourth-order valence-electron chi connectivity index (χ4n) is 1.49. The first kappa shape index (κ1) is 8.97. The Bertz CT molecular complexity index is 127. The Morgan fingerprint density at radius 2 is 2.09 bits per heavy atom. The summed E-state index contributed by atoms with van der Waals surface area (Å²) in [6, 6.07) is 0. The number of methoxy groups -OCH3 is 1. The van der Waals surface area contributed by atoms with Gasteiger partial charge in [-0.05, 0) is 19.3 Å². The molecule has 0 aromatic heterocycles. The molecule has 1 aliphatic heterocycles. The highest BCUT2D eigenvalue weighted by Crippen LogP contribution is 2.24. The van der Waals surface area contributed by atoms with Crippen molar-refractivity contribution < 1.29 is 14.6 Å². The van der Waals surface area contributed by atoms with E-state index in [0.29, 0.717) is 0 Å². The van der Waals surface area contributed by atoms with Crippen molar-refractivity contribution >= 4 is 0 Å². The van der Waals surface area contributed by atoms with E-state index in [2.05, 4.69) is 0 Å². The summed E-state index contributed by atoms with van der Waals surface area (Å²) in [6.07, 6.45) is 0.185. The normalized spacial score (nSPS) is 45.8. The van der Waals surface area contributed by atoms with Crippen LogP contribution in [-0.2, 0) is 9.47 Å². The molecule has 3 heteroatoms. The third-order valence-corrected chi connectivity index (χ3v) is 2.16. The molecular formula is C8H16O3. The highest BCUT2D eigenvalue weighted by molar-refractivity contribution is 4.76. The van der Waals surface area contributed by atoms with Crippen molar-refractivity contribution in [1.29, 1.82) is 0 Å². The van der Waals surface area contributed by atoms with Crippen LogP contribution in [0.3, 0.4) is 0 Å². The zero-order valence-electron chi connectivity index (χ0n) is 7.28. The zero-order chi connectivity index (χ0) is 8.43. The van der Waals surface area contributed by atoms with Gasteiger partial charge in [0.2, 0.25) is 0 Å². The van der Waals surface area contributed by atoms with Crippen LogP contribution in [0.1, 0.15) is 20.3 Å². The highest BCUT2D eigenvalue weighted by atomic mass is 16.7. The van der Waals surface area contributed by atoms with Crippen LogP contribution < -0.4 is 0 Å². The molecule has 0 bridgehead atoms. The topological polar surface area (TPSA) is 38.7 Å². The molecule has 0 amide bonds. The summed E-state index contributed by atoms with van der Waals surface area (Å²) in [5.74, 6) is 0.267. The number of hydrogen-bond donors (Lipinski definition) is 1. The first-order valence-corrected chi connectivity index (χ1v) is 4.01. The van der Waals surface area contributed by atoms with Gasteiger partial charge in [0.1, 0.15) is 6.10 Å². The lowest BCUT2D eigenvalue weighted by Gasteiger charge is -2.35. The van der Waals surface area contributed by atoms with Gasteiger partial charge in [-0.1, -0.05) is 6.92 Å². The SMILES string of the molecule is COC1OC(C)CC(C)[C@H]1O. The molecule has 0 radical (unpaired) electrons. The molecule has 0 aliphatic carbocycles. The van der Waals surface area contributed by atoms with Crippen molar-refractivity contribution in [2.45, 2.75) is 38.8 Å². The lowest BCUT2D eigenvalue weighted by atomic mass is 9.95. The van der Waals surface area contributed by atoms with E-state index in [1.807, 2.05) is 13.8 Å².